The van der Waals surface area contributed by atoms with Crippen molar-refractivity contribution in [1.82, 2.24) is 9.55 Å². The number of halogens is 4. The highest BCUT2D eigenvalue weighted by Gasteiger charge is 2.33. The zero-order valence-electron chi connectivity index (χ0n) is 14.4. The summed E-state index contributed by atoms with van der Waals surface area (Å²) in [5, 5.41) is 2.79. The molecule has 0 saturated carbocycles. The maximum Gasteiger partial charge on any atom is 0.417 e. The van der Waals surface area contributed by atoms with Crippen LogP contribution in [-0.2, 0) is 12.7 Å². The van der Waals surface area contributed by atoms with E-state index >= 15 is 0 Å². The number of alkyl halides is 3. The molecule has 146 valence electrons. The SMILES string of the molecule is CCn1c(=S)[nH]c2cc(C(=O)Nc3ccc(Br)c(C(F)(F)F)c3)ccc2c1=O. The van der Waals surface area contributed by atoms with Crippen LogP contribution in [-0.4, -0.2) is 15.5 Å². The predicted octanol–water partition coefficient (Wildman–Crippen LogP) is 5.11. The number of nitrogens with one attached hydrogen (secondary N) is 2. The minimum Gasteiger partial charge on any atom is -0.332 e. The van der Waals surface area contributed by atoms with Gasteiger partial charge in [-0.1, -0.05) is 15.9 Å². The number of hydrogen-bond donors (Lipinski definition) is 2. The van der Waals surface area contributed by atoms with Gasteiger partial charge in [-0.25, -0.2) is 0 Å². The Labute approximate surface area is 170 Å². The van der Waals surface area contributed by atoms with Crippen molar-refractivity contribution in [3.63, 3.8) is 0 Å². The second-order valence-electron chi connectivity index (χ2n) is 5.89. The first-order valence-corrected chi connectivity index (χ1v) is 9.27. The zero-order valence-corrected chi connectivity index (χ0v) is 16.8. The third-order valence-corrected chi connectivity index (χ3v) is 5.10. The number of carbonyl (C=O) groups is 1. The van der Waals surface area contributed by atoms with Crippen LogP contribution in [0.3, 0.4) is 0 Å². The first-order valence-electron chi connectivity index (χ1n) is 8.06. The molecule has 0 spiro atoms. The number of nitrogens with zero attached hydrogens (tertiary/aromatic N) is 1. The Kier molecular flexibility index (Phi) is 5.44. The Hall–Kier alpha value is -2.46. The fourth-order valence-corrected chi connectivity index (χ4v) is 3.50. The van der Waals surface area contributed by atoms with Gasteiger partial charge in [-0.3, -0.25) is 14.2 Å². The van der Waals surface area contributed by atoms with E-state index in [0.29, 0.717) is 17.4 Å². The first kappa shape index (κ1) is 20.3. The van der Waals surface area contributed by atoms with Gasteiger partial charge >= 0.3 is 6.18 Å². The van der Waals surface area contributed by atoms with Crippen molar-refractivity contribution >= 4 is 50.6 Å². The van der Waals surface area contributed by atoms with Crippen molar-refractivity contribution in [2.24, 2.45) is 0 Å². The van der Waals surface area contributed by atoms with E-state index in [9.17, 15) is 22.8 Å². The lowest BCUT2D eigenvalue weighted by atomic mass is 10.1. The summed E-state index contributed by atoms with van der Waals surface area (Å²) in [5.74, 6) is -0.615. The van der Waals surface area contributed by atoms with Crippen LogP contribution in [0.15, 0.2) is 45.7 Å². The molecule has 0 radical (unpaired) electrons. The van der Waals surface area contributed by atoms with Gasteiger partial charge in [0.15, 0.2) is 4.77 Å². The molecule has 1 amide bonds. The normalized spacial score (nSPS) is 11.6. The molecule has 3 rings (SSSR count). The third-order valence-electron chi connectivity index (χ3n) is 4.09. The molecule has 2 N–H and O–H groups in total. The highest BCUT2D eigenvalue weighted by Crippen LogP contribution is 2.36. The Morgan fingerprint density at radius 2 is 1.96 bits per heavy atom. The summed E-state index contributed by atoms with van der Waals surface area (Å²) in [4.78, 5) is 27.7. The van der Waals surface area contributed by atoms with Gasteiger partial charge in [0.05, 0.1) is 16.5 Å². The molecule has 0 aliphatic rings. The van der Waals surface area contributed by atoms with E-state index in [1.54, 1.807) is 6.92 Å². The first-order chi connectivity index (χ1) is 13.1. The maximum absolute atomic E-state index is 13.0. The summed E-state index contributed by atoms with van der Waals surface area (Å²) in [6, 6.07) is 7.75. The van der Waals surface area contributed by atoms with Crippen LogP contribution < -0.4 is 10.9 Å². The molecular formula is C18H13BrF3N3O2S. The van der Waals surface area contributed by atoms with Gasteiger partial charge in [0.2, 0.25) is 0 Å². The molecule has 28 heavy (non-hydrogen) atoms. The Morgan fingerprint density at radius 3 is 2.61 bits per heavy atom. The third kappa shape index (κ3) is 3.88. The van der Waals surface area contributed by atoms with Crippen LogP contribution in [0.25, 0.3) is 10.9 Å². The Bertz CT molecular complexity index is 1200. The van der Waals surface area contributed by atoms with Crippen molar-refractivity contribution in [2.75, 3.05) is 5.32 Å². The molecule has 2 aromatic carbocycles. The summed E-state index contributed by atoms with van der Waals surface area (Å²) in [7, 11) is 0. The zero-order chi connectivity index (χ0) is 20.6. The number of rotatable bonds is 3. The van der Waals surface area contributed by atoms with Crippen molar-refractivity contribution in [1.29, 1.82) is 0 Å². The van der Waals surface area contributed by atoms with Crippen molar-refractivity contribution < 1.29 is 18.0 Å². The second-order valence-corrected chi connectivity index (χ2v) is 7.13. The van der Waals surface area contributed by atoms with Gasteiger partial charge in [-0.15, -0.1) is 0 Å². The number of benzene rings is 2. The molecule has 1 heterocycles. The molecule has 0 fully saturated rings. The summed E-state index contributed by atoms with van der Waals surface area (Å²) >= 11 is 7.99. The topological polar surface area (TPSA) is 66.9 Å². The van der Waals surface area contributed by atoms with E-state index in [0.717, 1.165) is 6.07 Å². The summed E-state index contributed by atoms with van der Waals surface area (Å²) < 4.78 is 40.5. The average molecular weight is 472 g/mol. The lowest BCUT2D eigenvalue weighted by Crippen LogP contribution is -2.21. The van der Waals surface area contributed by atoms with Gasteiger partial charge < -0.3 is 10.3 Å². The monoisotopic (exact) mass is 471 g/mol. The number of hydrogen-bond acceptors (Lipinski definition) is 3. The number of fused-ring (bicyclic) bond motifs is 1. The fourth-order valence-electron chi connectivity index (χ4n) is 2.71. The lowest BCUT2D eigenvalue weighted by molar-refractivity contribution is -0.138. The minimum atomic E-state index is -4.56. The number of anilines is 1. The van der Waals surface area contributed by atoms with Gasteiger partial charge in [0, 0.05) is 22.3 Å². The number of amides is 1. The van der Waals surface area contributed by atoms with E-state index in [1.807, 2.05) is 0 Å². The van der Waals surface area contributed by atoms with Gasteiger partial charge in [-0.2, -0.15) is 13.2 Å². The van der Waals surface area contributed by atoms with Gasteiger partial charge in [0.1, 0.15) is 0 Å². The second kappa shape index (κ2) is 7.51. The molecule has 3 aromatic rings. The molecule has 10 heteroatoms. The number of H-pyrrole nitrogens is 1. The quantitative estimate of drug-likeness (QED) is 0.521. The van der Waals surface area contributed by atoms with Gasteiger partial charge in [0.25, 0.3) is 11.5 Å². The summed E-state index contributed by atoms with van der Waals surface area (Å²) in [5.41, 5.74) is -0.638. The van der Waals surface area contributed by atoms with E-state index in [4.69, 9.17) is 12.2 Å². The van der Waals surface area contributed by atoms with Crippen molar-refractivity contribution in [3.8, 4) is 0 Å². The van der Waals surface area contributed by atoms with Gasteiger partial charge in [-0.05, 0) is 55.5 Å². The van der Waals surface area contributed by atoms with E-state index < -0.39 is 17.6 Å². The van der Waals surface area contributed by atoms with Crippen molar-refractivity contribution in [2.45, 2.75) is 19.6 Å². The molecule has 0 aliphatic heterocycles. The lowest BCUT2D eigenvalue weighted by Gasteiger charge is -2.12. The molecular weight excluding hydrogens is 459 g/mol. The number of aromatic amines is 1. The fraction of sp³-hybridized carbons (Fsp3) is 0.167. The van der Waals surface area contributed by atoms with Crippen LogP contribution in [0.2, 0.25) is 0 Å². The highest BCUT2D eigenvalue weighted by molar-refractivity contribution is 9.10. The summed E-state index contributed by atoms with van der Waals surface area (Å²) in [6.07, 6.45) is -4.56. The van der Waals surface area contributed by atoms with Crippen molar-refractivity contribution in [3.05, 3.63) is 67.1 Å². The van der Waals surface area contributed by atoms with Crippen LogP contribution >= 0.6 is 28.1 Å². The van der Waals surface area contributed by atoms with Crippen LogP contribution in [0.5, 0.6) is 0 Å². The number of carbonyl (C=O) groups excluding carboxylic acids is 1. The van der Waals surface area contributed by atoms with E-state index in [-0.39, 0.29) is 26.1 Å². The highest BCUT2D eigenvalue weighted by atomic mass is 79.9. The molecule has 0 atom stereocenters. The Morgan fingerprint density at radius 1 is 1.25 bits per heavy atom. The van der Waals surface area contributed by atoms with Crippen LogP contribution in [0, 0.1) is 4.77 Å². The molecule has 0 unspecified atom stereocenters. The smallest absolute Gasteiger partial charge is 0.332 e. The molecule has 0 aliphatic carbocycles. The molecule has 5 nitrogen and oxygen atoms in total. The molecule has 1 aromatic heterocycles. The van der Waals surface area contributed by atoms with Crippen LogP contribution in [0.1, 0.15) is 22.8 Å². The Balaban J connectivity index is 1.97. The summed E-state index contributed by atoms with van der Waals surface area (Å²) in [6.45, 7) is 2.18. The predicted molar refractivity (Wildman–Crippen MR) is 106 cm³/mol. The number of aromatic nitrogens is 2. The van der Waals surface area contributed by atoms with E-state index in [2.05, 4.69) is 26.2 Å². The van der Waals surface area contributed by atoms with Crippen LogP contribution in [0.4, 0.5) is 18.9 Å². The average Bonchev–Trinajstić information content (AvgIpc) is 2.62. The molecule has 0 bridgehead atoms. The van der Waals surface area contributed by atoms with E-state index in [1.165, 1.54) is 34.9 Å². The largest absolute Gasteiger partial charge is 0.417 e. The maximum atomic E-state index is 13.0. The minimum absolute atomic E-state index is 0.00467. The standard InChI is InChI=1S/C18H13BrF3N3O2S/c1-2-25-16(27)11-5-3-9(7-14(11)24-17(25)28)15(26)23-10-4-6-13(19)12(8-10)18(20,21)22/h3-8H,2H2,1H3,(H,23,26)(H,24,28). The molecule has 0 saturated heterocycles.